The molecule has 1 amide bonds. The van der Waals surface area contributed by atoms with Crippen LogP contribution in [0.15, 0.2) is 30.3 Å². The first-order valence-electron chi connectivity index (χ1n) is 12.1. The SMILES string of the molecule is CCOC(=O)N1CCC2(CC(N3CCC([C@@H]4CCCN4c4ccccc4)CC3)C2)C1. The minimum atomic E-state index is -0.113. The summed E-state index contributed by atoms with van der Waals surface area (Å²) in [7, 11) is 0. The van der Waals surface area contributed by atoms with Gasteiger partial charge in [-0.3, -0.25) is 0 Å². The highest BCUT2D eigenvalue weighted by Crippen LogP contribution is 2.51. The number of carbonyl (C=O) groups excluding carboxylic acids is 1. The van der Waals surface area contributed by atoms with Gasteiger partial charge in [0, 0.05) is 37.4 Å². The van der Waals surface area contributed by atoms with Crippen molar-refractivity contribution in [3.8, 4) is 0 Å². The highest BCUT2D eigenvalue weighted by atomic mass is 16.6. The summed E-state index contributed by atoms with van der Waals surface area (Å²) < 4.78 is 5.20. The van der Waals surface area contributed by atoms with Gasteiger partial charge in [0.05, 0.1) is 6.61 Å². The summed E-state index contributed by atoms with van der Waals surface area (Å²) in [5, 5.41) is 0. The standard InChI is InChI=1S/C25H37N3O2/c1-2-30-24(29)27-16-12-25(19-27)17-22(18-25)26-14-10-20(11-15-26)23-9-6-13-28(23)21-7-4-3-5-8-21/h3-5,7-8,20,22-23H,2,6,9-19H2,1H3/t22?,23-,25?/m0/s1. The molecule has 5 nitrogen and oxygen atoms in total. The van der Waals surface area contributed by atoms with Crippen LogP contribution < -0.4 is 4.90 Å². The first-order chi connectivity index (χ1) is 14.7. The van der Waals surface area contributed by atoms with E-state index in [1.165, 1.54) is 63.8 Å². The van der Waals surface area contributed by atoms with Gasteiger partial charge in [0.25, 0.3) is 0 Å². The normalized spacial score (nSPS) is 32.6. The zero-order valence-corrected chi connectivity index (χ0v) is 18.5. The second-order valence-electron chi connectivity index (χ2n) is 10.0. The molecule has 1 atom stereocenters. The Kier molecular flexibility index (Phi) is 5.65. The molecule has 3 saturated heterocycles. The van der Waals surface area contributed by atoms with Gasteiger partial charge in [0.1, 0.15) is 0 Å². The smallest absolute Gasteiger partial charge is 0.409 e. The number of likely N-dealkylation sites (tertiary alicyclic amines) is 2. The predicted octanol–water partition coefficient (Wildman–Crippen LogP) is 4.38. The third-order valence-corrected chi connectivity index (χ3v) is 8.32. The second kappa shape index (κ2) is 8.41. The summed E-state index contributed by atoms with van der Waals surface area (Å²) >= 11 is 0. The molecule has 3 aliphatic heterocycles. The Hall–Kier alpha value is -1.75. The van der Waals surface area contributed by atoms with E-state index in [-0.39, 0.29) is 6.09 Å². The maximum Gasteiger partial charge on any atom is 0.409 e. The van der Waals surface area contributed by atoms with Gasteiger partial charge in [0.15, 0.2) is 0 Å². The average Bonchev–Trinajstić information content (AvgIpc) is 3.42. The highest BCUT2D eigenvalue weighted by molar-refractivity contribution is 5.68. The van der Waals surface area contributed by atoms with Crippen LogP contribution in [0.1, 0.15) is 51.9 Å². The number of nitrogens with zero attached hydrogens (tertiary/aromatic N) is 3. The van der Waals surface area contributed by atoms with Gasteiger partial charge >= 0.3 is 6.09 Å². The fourth-order valence-corrected chi connectivity index (χ4v) is 6.73. The van der Waals surface area contributed by atoms with Gasteiger partial charge in [-0.15, -0.1) is 0 Å². The molecule has 1 spiro atoms. The molecular weight excluding hydrogens is 374 g/mol. The van der Waals surface area contributed by atoms with Gasteiger partial charge in [-0.05, 0) is 88.4 Å². The lowest BCUT2D eigenvalue weighted by molar-refractivity contribution is -0.0109. The summed E-state index contributed by atoms with van der Waals surface area (Å²) in [6, 6.07) is 12.5. The number of para-hydroxylation sites is 1. The molecule has 0 radical (unpaired) electrons. The molecule has 5 heteroatoms. The molecule has 0 bridgehead atoms. The summed E-state index contributed by atoms with van der Waals surface area (Å²) in [6.45, 7) is 7.88. The van der Waals surface area contributed by atoms with Gasteiger partial charge < -0.3 is 19.4 Å². The molecule has 1 aromatic rings. The Morgan fingerprint density at radius 1 is 1.07 bits per heavy atom. The number of piperidine rings is 1. The van der Waals surface area contributed by atoms with Gasteiger partial charge in [0.2, 0.25) is 0 Å². The van der Waals surface area contributed by atoms with Crippen LogP contribution in [-0.2, 0) is 4.74 Å². The summed E-state index contributed by atoms with van der Waals surface area (Å²) in [4.78, 5) is 19.4. The molecule has 1 saturated carbocycles. The number of hydrogen-bond donors (Lipinski definition) is 0. The third kappa shape index (κ3) is 3.81. The predicted molar refractivity (Wildman–Crippen MR) is 120 cm³/mol. The van der Waals surface area contributed by atoms with Crippen molar-refractivity contribution in [2.24, 2.45) is 11.3 Å². The Morgan fingerprint density at radius 3 is 2.57 bits per heavy atom. The second-order valence-corrected chi connectivity index (χ2v) is 10.0. The van der Waals surface area contributed by atoms with E-state index in [1.54, 1.807) is 0 Å². The minimum Gasteiger partial charge on any atom is -0.450 e. The largest absolute Gasteiger partial charge is 0.450 e. The Balaban J connectivity index is 1.11. The Labute approximate surface area is 181 Å². The number of carbonyl (C=O) groups is 1. The van der Waals surface area contributed by atoms with Crippen molar-refractivity contribution in [3.05, 3.63) is 30.3 Å². The fraction of sp³-hybridized carbons (Fsp3) is 0.720. The number of amides is 1. The van der Waals surface area contributed by atoms with Crippen molar-refractivity contribution in [2.75, 3.05) is 44.2 Å². The molecule has 164 valence electrons. The topological polar surface area (TPSA) is 36.0 Å². The van der Waals surface area contributed by atoms with Gasteiger partial charge in [-0.1, -0.05) is 18.2 Å². The molecule has 4 aliphatic rings. The van der Waals surface area contributed by atoms with E-state index in [0.717, 1.165) is 37.5 Å². The quantitative estimate of drug-likeness (QED) is 0.737. The lowest BCUT2D eigenvalue weighted by Gasteiger charge is -2.52. The summed E-state index contributed by atoms with van der Waals surface area (Å²) in [5.74, 6) is 0.837. The van der Waals surface area contributed by atoms with Crippen molar-refractivity contribution in [1.82, 2.24) is 9.80 Å². The van der Waals surface area contributed by atoms with Crippen molar-refractivity contribution < 1.29 is 9.53 Å². The fourth-order valence-electron chi connectivity index (χ4n) is 6.73. The molecule has 0 N–H and O–H groups in total. The number of ether oxygens (including phenoxy) is 1. The zero-order valence-electron chi connectivity index (χ0n) is 18.5. The molecule has 5 rings (SSSR count). The lowest BCUT2D eigenvalue weighted by Crippen LogP contribution is -2.55. The van der Waals surface area contributed by atoms with E-state index in [1.807, 2.05) is 11.8 Å². The van der Waals surface area contributed by atoms with Crippen LogP contribution in [0.5, 0.6) is 0 Å². The van der Waals surface area contributed by atoms with E-state index >= 15 is 0 Å². The number of hydrogen-bond acceptors (Lipinski definition) is 4. The highest BCUT2D eigenvalue weighted by Gasteiger charge is 2.51. The summed E-state index contributed by atoms with van der Waals surface area (Å²) in [6.07, 6.45) is 8.96. The van der Waals surface area contributed by atoms with Crippen molar-refractivity contribution in [2.45, 2.75) is 64.0 Å². The van der Waals surface area contributed by atoms with Crippen LogP contribution >= 0.6 is 0 Å². The third-order valence-electron chi connectivity index (χ3n) is 8.32. The van der Waals surface area contributed by atoms with E-state index < -0.39 is 0 Å². The molecule has 4 fully saturated rings. The van der Waals surface area contributed by atoms with Gasteiger partial charge in [-0.25, -0.2) is 4.79 Å². The van der Waals surface area contributed by atoms with E-state index in [9.17, 15) is 4.79 Å². The molecule has 1 aromatic carbocycles. The maximum atomic E-state index is 12.0. The Morgan fingerprint density at radius 2 is 1.83 bits per heavy atom. The molecule has 1 aliphatic carbocycles. The first kappa shape index (κ1) is 20.2. The molecule has 0 unspecified atom stereocenters. The van der Waals surface area contributed by atoms with Crippen LogP contribution in [0.2, 0.25) is 0 Å². The number of anilines is 1. The van der Waals surface area contributed by atoms with Crippen LogP contribution in [0.4, 0.5) is 10.5 Å². The van der Waals surface area contributed by atoms with E-state index in [0.29, 0.717) is 12.0 Å². The number of benzene rings is 1. The number of rotatable bonds is 4. The first-order valence-corrected chi connectivity index (χ1v) is 12.1. The van der Waals surface area contributed by atoms with E-state index in [4.69, 9.17) is 4.74 Å². The lowest BCUT2D eigenvalue weighted by atomic mass is 9.64. The van der Waals surface area contributed by atoms with Crippen LogP contribution in [0.3, 0.4) is 0 Å². The average molecular weight is 412 g/mol. The molecule has 3 heterocycles. The Bertz CT molecular complexity index is 725. The van der Waals surface area contributed by atoms with Crippen LogP contribution in [0, 0.1) is 11.3 Å². The molecule has 30 heavy (non-hydrogen) atoms. The van der Waals surface area contributed by atoms with Crippen molar-refractivity contribution in [1.29, 1.82) is 0 Å². The van der Waals surface area contributed by atoms with Crippen molar-refractivity contribution in [3.63, 3.8) is 0 Å². The molecule has 0 aromatic heterocycles. The summed E-state index contributed by atoms with van der Waals surface area (Å²) in [5.41, 5.74) is 1.79. The monoisotopic (exact) mass is 411 g/mol. The maximum absolute atomic E-state index is 12.0. The van der Waals surface area contributed by atoms with Crippen LogP contribution in [0.25, 0.3) is 0 Å². The van der Waals surface area contributed by atoms with Crippen LogP contribution in [-0.4, -0.2) is 67.3 Å². The van der Waals surface area contributed by atoms with Gasteiger partial charge in [-0.2, -0.15) is 0 Å². The van der Waals surface area contributed by atoms with Crippen molar-refractivity contribution >= 4 is 11.8 Å². The molecular formula is C25H37N3O2. The minimum absolute atomic E-state index is 0.113. The van der Waals surface area contributed by atoms with E-state index in [2.05, 4.69) is 40.1 Å². The zero-order chi connectivity index (χ0) is 20.6.